The molecule has 1 rings (SSSR count). The Morgan fingerprint density at radius 1 is 1.20 bits per heavy atom. The molecule has 0 aliphatic carbocycles. The highest BCUT2D eigenvalue weighted by atomic mass is 14.6. The summed E-state index contributed by atoms with van der Waals surface area (Å²) in [5, 5.41) is 0. The van der Waals surface area contributed by atoms with Crippen LogP contribution in [0.3, 0.4) is 0 Å². The van der Waals surface area contributed by atoms with Crippen LogP contribution in [0.1, 0.15) is 50.8 Å². The van der Waals surface area contributed by atoms with Crippen molar-refractivity contribution in [2.45, 2.75) is 46.1 Å². The van der Waals surface area contributed by atoms with Gasteiger partial charge in [0.1, 0.15) is 0 Å². The van der Waals surface area contributed by atoms with Gasteiger partial charge in [-0.05, 0) is 29.9 Å². The Balaban J connectivity index is 2.76. The molecule has 1 aromatic carbocycles. The molecule has 0 radical (unpaired) electrons. The summed E-state index contributed by atoms with van der Waals surface area (Å²) in [6, 6.07) is 8.75. The second-order valence-corrected chi connectivity index (χ2v) is 4.41. The molecule has 0 spiro atoms. The lowest BCUT2D eigenvalue weighted by Crippen LogP contribution is -2.15. The van der Waals surface area contributed by atoms with Gasteiger partial charge in [0.15, 0.2) is 0 Å². The molecule has 0 aromatic heterocycles. The van der Waals surface area contributed by atoms with Crippen molar-refractivity contribution >= 4 is 0 Å². The van der Waals surface area contributed by atoms with Crippen LogP contribution in [0.5, 0.6) is 0 Å². The van der Waals surface area contributed by atoms with Gasteiger partial charge >= 0.3 is 0 Å². The van der Waals surface area contributed by atoms with E-state index in [0.717, 1.165) is 12.8 Å². The molecule has 0 heterocycles. The average molecular weight is 205 g/mol. The molecule has 0 amide bonds. The smallest absolute Gasteiger partial charge is 0.0300 e. The molecule has 0 saturated carbocycles. The van der Waals surface area contributed by atoms with Gasteiger partial charge in [-0.2, -0.15) is 0 Å². The molecule has 84 valence electrons. The van der Waals surface area contributed by atoms with Crippen LogP contribution in [0.2, 0.25) is 0 Å². The number of hydrogen-bond acceptors (Lipinski definition) is 1. The van der Waals surface area contributed by atoms with Crippen LogP contribution in [0, 0.1) is 5.92 Å². The summed E-state index contributed by atoms with van der Waals surface area (Å²) in [6.45, 7) is 6.69. The highest BCUT2D eigenvalue weighted by Crippen LogP contribution is 2.23. The number of nitrogens with two attached hydrogens (primary N) is 1. The van der Waals surface area contributed by atoms with E-state index >= 15 is 0 Å². The molecule has 15 heavy (non-hydrogen) atoms. The molecular weight excluding hydrogens is 182 g/mol. The van der Waals surface area contributed by atoms with Gasteiger partial charge in [-0.3, -0.25) is 0 Å². The predicted octanol–water partition coefficient (Wildman–Crippen LogP) is 3.69. The molecule has 0 aliphatic rings. The third-order valence-electron chi connectivity index (χ3n) is 3.19. The number of hydrogen-bond donors (Lipinski definition) is 1. The molecular formula is C14H23N. The van der Waals surface area contributed by atoms with E-state index in [9.17, 15) is 0 Å². The summed E-state index contributed by atoms with van der Waals surface area (Å²) in [6.07, 6.45) is 3.37. The Morgan fingerprint density at radius 3 is 2.47 bits per heavy atom. The van der Waals surface area contributed by atoms with Gasteiger partial charge < -0.3 is 5.73 Å². The SMILES string of the molecule is CCc1ccccc1C(N)CC(C)CC. The van der Waals surface area contributed by atoms with Crippen molar-refractivity contribution < 1.29 is 0 Å². The van der Waals surface area contributed by atoms with Crippen LogP contribution in [0.25, 0.3) is 0 Å². The van der Waals surface area contributed by atoms with Crippen LogP contribution < -0.4 is 5.73 Å². The van der Waals surface area contributed by atoms with Crippen molar-refractivity contribution in [2.24, 2.45) is 11.7 Å². The third kappa shape index (κ3) is 3.35. The fraction of sp³-hybridized carbons (Fsp3) is 0.571. The molecule has 0 saturated heterocycles. The highest BCUT2D eigenvalue weighted by Gasteiger charge is 2.12. The van der Waals surface area contributed by atoms with E-state index in [1.54, 1.807) is 0 Å². The molecule has 0 fully saturated rings. The van der Waals surface area contributed by atoms with Crippen molar-refractivity contribution in [3.63, 3.8) is 0 Å². The van der Waals surface area contributed by atoms with E-state index in [4.69, 9.17) is 5.73 Å². The normalized spacial score (nSPS) is 14.9. The summed E-state index contributed by atoms with van der Waals surface area (Å²) >= 11 is 0. The van der Waals surface area contributed by atoms with Gasteiger partial charge in [0.05, 0.1) is 0 Å². The summed E-state index contributed by atoms with van der Waals surface area (Å²) < 4.78 is 0. The van der Waals surface area contributed by atoms with Crippen molar-refractivity contribution in [1.29, 1.82) is 0 Å². The van der Waals surface area contributed by atoms with E-state index in [1.165, 1.54) is 17.5 Å². The lowest BCUT2D eigenvalue weighted by molar-refractivity contribution is 0.460. The van der Waals surface area contributed by atoms with Crippen LogP contribution >= 0.6 is 0 Å². The summed E-state index contributed by atoms with van der Waals surface area (Å²) in [5.41, 5.74) is 8.98. The molecule has 2 unspecified atom stereocenters. The maximum absolute atomic E-state index is 6.25. The lowest BCUT2D eigenvalue weighted by Gasteiger charge is -2.18. The van der Waals surface area contributed by atoms with Crippen molar-refractivity contribution in [1.82, 2.24) is 0 Å². The second-order valence-electron chi connectivity index (χ2n) is 4.41. The fourth-order valence-corrected chi connectivity index (χ4v) is 1.95. The minimum Gasteiger partial charge on any atom is -0.324 e. The first kappa shape index (κ1) is 12.3. The zero-order valence-electron chi connectivity index (χ0n) is 10.2. The minimum absolute atomic E-state index is 0.205. The van der Waals surface area contributed by atoms with Crippen molar-refractivity contribution in [2.75, 3.05) is 0 Å². The molecule has 1 nitrogen and oxygen atoms in total. The first-order valence-corrected chi connectivity index (χ1v) is 6.02. The lowest BCUT2D eigenvalue weighted by atomic mass is 9.91. The standard InChI is InChI=1S/C14H23N/c1-4-11(3)10-14(15)13-9-7-6-8-12(13)5-2/h6-9,11,14H,4-5,10,15H2,1-3H3. The van der Waals surface area contributed by atoms with Gasteiger partial charge in [0.2, 0.25) is 0 Å². The highest BCUT2D eigenvalue weighted by molar-refractivity contribution is 5.29. The van der Waals surface area contributed by atoms with E-state index in [0.29, 0.717) is 5.92 Å². The minimum atomic E-state index is 0.205. The van der Waals surface area contributed by atoms with Crippen LogP contribution in [0.4, 0.5) is 0 Å². The predicted molar refractivity (Wildman–Crippen MR) is 66.8 cm³/mol. The number of benzene rings is 1. The zero-order chi connectivity index (χ0) is 11.3. The van der Waals surface area contributed by atoms with Gasteiger partial charge in [0, 0.05) is 6.04 Å². The summed E-state index contributed by atoms with van der Waals surface area (Å²) in [4.78, 5) is 0. The Kier molecular flexibility index (Phi) is 4.83. The van der Waals surface area contributed by atoms with Crippen LogP contribution in [0.15, 0.2) is 24.3 Å². The van der Waals surface area contributed by atoms with Gasteiger partial charge in [-0.25, -0.2) is 0 Å². The summed E-state index contributed by atoms with van der Waals surface area (Å²) in [7, 11) is 0. The third-order valence-corrected chi connectivity index (χ3v) is 3.19. The molecule has 0 bridgehead atoms. The fourth-order valence-electron chi connectivity index (χ4n) is 1.95. The second kappa shape index (κ2) is 5.92. The molecule has 1 aromatic rings. The maximum Gasteiger partial charge on any atom is 0.0300 e. The molecule has 1 heteroatoms. The van der Waals surface area contributed by atoms with Gasteiger partial charge in [-0.15, -0.1) is 0 Å². The van der Waals surface area contributed by atoms with Crippen molar-refractivity contribution in [3.8, 4) is 0 Å². The van der Waals surface area contributed by atoms with E-state index in [-0.39, 0.29) is 6.04 Å². The Morgan fingerprint density at radius 2 is 1.87 bits per heavy atom. The van der Waals surface area contributed by atoms with E-state index in [2.05, 4.69) is 45.0 Å². The average Bonchev–Trinajstić information content (AvgIpc) is 2.28. The molecule has 0 aliphatic heterocycles. The Labute approximate surface area is 93.7 Å². The first-order valence-electron chi connectivity index (χ1n) is 6.02. The number of aryl methyl sites for hydroxylation is 1. The van der Waals surface area contributed by atoms with Crippen LogP contribution in [-0.2, 0) is 6.42 Å². The maximum atomic E-state index is 6.25. The first-order chi connectivity index (χ1) is 7.19. The van der Waals surface area contributed by atoms with Gasteiger partial charge in [-0.1, -0.05) is 51.5 Å². The summed E-state index contributed by atoms with van der Waals surface area (Å²) in [5.74, 6) is 0.713. The Hall–Kier alpha value is -0.820. The molecule has 2 atom stereocenters. The topological polar surface area (TPSA) is 26.0 Å². The Bertz CT molecular complexity index is 293. The largest absolute Gasteiger partial charge is 0.324 e. The van der Waals surface area contributed by atoms with E-state index in [1.807, 2.05) is 0 Å². The monoisotopic (exact) mass is 205 g/mol. The quantitative estimate of drug-likeness (QED) is 0.779. The zero-order valence-corrected chi connectivity index (χ0v) is 10.2. The van der Waals surface area contributed by atoms with Crippen LogP contribution in [-0.4, -0.2) is 0 Å². The number of rotatable bonds is 5. The molecule has 2 N–H and O–H groups in total. The van der Waals surface area contributed by atoms with Crippen molar-refractivity contribution in [3.05, 3.63) is 35.4 Å². The van der Waals surface area contributed by atoms with Gasteiger partial charge in [0.25, 0.3) is 0 Å². The van der Waals surface area contributed by atoms with E-state index < -0.39 is 0 Å².